The maximum Gasteiger partial charge on any atom is 0.407 e. The molecular weight excluding hydrogens is 474 g/mol. The Kier molecular flexibility index (Phi) is 12.1. The molecule has 9 nitrogen and oxygen atoms in total. The number of ether oxygens (including phenoxy) is 2. The summed E-state index contributed by atoms with van der Waals surface area (Å²) in [6, 6.07) is 4.73. The lowest BCUT2D eigenvalue weighted by molar-refractivity contribution is -0.154. The Morgan fingerprint density at radius 2 is 1.30 bits per heavy atom. The minimum Gasteiger partial charge on any atom is -0.460 e. The lowest BCUT2D eigenvalue weighted by atomic mass is 10.0. The van der Waals surface area contributed by atoms with E-state index < -0.39 is 23.2 Å². The molecule has 1 rings (SSSR count). The molecule has 1 aromatic rings. The van der Waals surface area contributed by atoms with Gasteiger partial charge in [-0.15, -0.1) is 0 Å². The molecule has 3 N–H and O–H groups in total. The first-order chi connectivity index (χ1) is 17.1. The van der Waals surface area contributed by atoms with Crippen molar-refractivity contribution in [3.63, 3.8) is 0 Å². The Morgan fingerprint density at radius 3 is 1.81 bits per heavy atom. The fourth-order valence-electron chi connectivity index (χ4n) is 2.88. The minimum atomic E-state index is -0.614. The molecule has 0 unspecified atom stereocenters. The summed E-state index contributed by atoms with van der Waals surface area (Å²) in [5.41, 5.74) is -0.0818. The molecule has 0 fully saturated rings. The first-order valence-electron chi connectivity index (χ1n) is 12.5. The Balaban J connectivity index is 2.79. The summed E-state index contributed by atoms with van der Waals surface area (Å²) in [6.07, 6.45) is 0.0341. The highest BCUT2D eigenvalue weighted by molar-refractivity contribution is 6.00. The molecule has 0 aliphatic heterocycles. The van der Waals surface area contributed by atoms with Gasteiger partial charge in [0.25, 0.3) is 11.8 Å². The van der Waals surface area contributed by atoms with Gasteiger partial charge in [0.05, 0.1) is 0 Å². The van der Waals surface area contributed by atoms with E-state index in [1.165, 1.54) is 6.07 Å². The molecule has 0 aliphatic carbocycles. The average Bonchev–Trinajstić information content (AvgIpc) is 2.75. The van der Waals surface area contributed by atoms with Crippen LogP contribution in [0.4, 0.5) is 4.79 Å². The highest BCUT2D eigenvalue weighted by Crippen LogP contribution is 2.12. The number of rotatable bonds is 9. The minimum absolute atomic E-state index is 0.113. The molecule has 0 bridgehead atoms. The average molecular weight is 516 g/mol. The zero-order chi connectivity index (χ0) is 28.2. The van der Waals surface area contributed by atoms with E-state index in [0.717, 1.165) is 0 Å². The van der Waals surface area contributed by atoms with E-state index in [4.69, 9.17) is 9.47 Å². The van der Waals surface area contributed by atoms with Crippen LogP contribution in [0.3, 0.4) is 0 Å². The number of amides is 3. The number of nitrogens with one attached hydrogen (secondary N) is 3. The van der Waals surface area contributed by atoms with Crippen molar-refractivity contribution >= 4 is 23.9 Å². The second-order valence-corrected chi connectivity index (χ2v) is 10.9. The van der Waals surface area contributed by atoms with Gasteiger partial charge in [-0.1, -0.05) is 25.7 Å². The monoisotopic (exact) mass is 515 g/mol. The summed E-state index contributed by atoms with van der Waals surface area (Å²) in [5.74, 6) is 5.04. The van der Waals surface area contributed by atoms with Crippen molar-refractivity contribution in [1.82, 2.24) is 16.0 Å². The number of alkyl carbamates (subject to hydrolysis) is 1. The van der Waals surface area contributed by atoms with Gasteiger partial charge in [0.2, 0.25) is 0 Å². The molecule has 0 atom stereocenters. The Labute approximate surface area is 220 Å². The first kappa shape index (κ1) is 31.5. The van der Waals surface area contributed by atoms with E-state index in [1.807, 2.05) is 13.8 Å². The van der Waals surface area contributed by atoms with Crippen LogP contribution in [-0.4, -0.2) is 54.7 Å². The molecule has 0 heterocycles. The van der Waals surface area contributed by atoms with Crippen LogP contribution in [0.5, 0.6) is 0 Å². The third kappa shape index (κ3) is 14.6. The topological polar surface area (TPSA) is 123 Å². The van der Waals surface area contributed by atoms with Crippen molar-refractivity contribution in [2.45, 2.75) is 79.4 Å². The third-order valence-corrected chi connectivity index (χ3v) is 4.30. The highest BCUT2D eigenvalue weighted by atomic mass is 16.6. The summed E-state index contributed by atoms with van der Waals surface area (Å²) < 4.78 is 10.4. The Bertz CT molecular complexity index is 957. The molecule has 0 saturated carbocycles. The summed E-state index contributed by atoms with van der Waals surface area (Å²) in [5, 5.41) is 8.06. The Morgan fingerprint density at radius 1 is 0.784 bits per heavy atom. The van der Waals surface area contributed by atoms with Gasteiger partial charge < -0.3 is 25.4 Å². The molecule has 204 valence electrons. The lowest BCUT2D eigenvalue weighted by Gasteiger charge is -2.19. The quantitative estimate of drug-likeness (QED) is 0.261. The van der Waals surface area contributed by atoms with Gasteiger partial charge in [-0.2, -0.15) is 0 Å². The van der Waals surface area contributed by atoms with Crippen LogP contribution in [0.15, 0.2) is 18.2 Å². The molecule has 0 saturated heterocycles. The fraction of sp³-hybridized carbons (Fsp3) is 0.571. The molecule has 9 heteroatoms. The molecule has 0 spiro atoms. The van der Waals surface area contributed by atoms with Crippen LogP contribution < -0.4 is 16.0 Å². The van der Waals surface area contributed by atoms with Crippen molar-refractivity contribution in [3.05, 3.63) is 34.9 Å². The molecule has 0 radical (unpaired) electrons. The normalized spacial score (nSPS) is 11.2. The van der Waals surface area contributed by atoms with E-state index in [1.54, 1.807) is 53.7 Å². The van der Waals surface area contributed by atoms with Gasteiger partial charge in [-0.05, 0) is 66.2 Å². The van der Waals surface area contributed by atoms with E-state index in [2.05, 4.69) is 27.8 Å². The van der Waals surface area contributed by atoms with Gasteiger partial charge >= 0.3 is 12.1 Å². The van der Waals surface area contributed by atoms with Gasteiger partial charge in [0, 0.05) is 48.7 Å². The summed E-state index contributed by atoms with van der Waals surface area (Å²) in [6.45, 7) is 15.2. The van der Waals surface area contributed by atoms with Crippen molar-refractivity contribution in [2.75, 3.05) is 19.6 Å². The zero-order valence-electron chi connectivity index (χ0n) is 23.3. The number of carbonyl (C=O) groups is 4. The van der Waals surface area contributed by atoms with Crippen LogP contribution in [0.1, 0.15) is 94.5 Å². The summed E-state index contributed by atoms with van der Waals surface area (Å²) in [7, 11) is 0. The molecule has 1 aromatic carbocycles. The Hall–Kier alpha value is -3.54. The van der Waals surface area contributed by atoms with Gasteiger partial charge in [0.1, 0.15) is 11.2 Å². The zero-order valence-corrected chi connectivity index (χ0v) is 23.3. The van der Waals surface area contributed by atoms with E-state index in [-0.39, 0.29) is 55.0 Å². The smallest absolute Gasteiger partial charge is 0.407 e. The summed E-state index contributed by atoms with van der Waals surface area (Å²) in [4.78, 5) is 49.1. The van der Waals surface area contributed by atoms with Gasteiger partial charge in [0.15, 0.2) is 0 Å². The van der Waals surface area contributed by atoms with Crippen LogP contribution in [0.2, 0.25) is 0 Å². The maximum atomic E-state index is 12.8. The SMILES string of the molecule is CC(C)C#Cc1cc(C(=O)NCCCC(=O)OC(C)(C)C)cc(C(=O)NCCNC(=O)OC(C)(C)C)c1. The lowest BCUT2D eigenvalue weighted by Crippen LogP contribution is -2.38. The van der Waals surface area contributed by atoms with Crippen molar-refractivity contribution in [1.29, 1.82) is 0 Å². The number of hydrogen-bond acceptors (Lipinski definition) is 6. The second-order valence-electron chi connectivity index (χ2n) is 10.9. The van der Waals surface area contributed by atoms with Crippen LogP contribution in [0.25, 0.3) is 0 Å². The molecule has 0 aliphatic rings. The second kappa shape index (κ2) is 14.3. The third-order valence-electron chi connectivity index (χ3n) is 4.30. The standard InChI is InChI=1S/C28H41N3O6/c1-19(2)11-12-20-16-21(24(33)29-13-9-10-23(32)36-27(3,4)5)18-22(17-20)25(34)30-14-15-31-26(35)37-28(6,7)8/h16-19H,9-10,13-15H2,1-8H3,(H,29,33)(H,30,34)(H,31,35). The fourth-order valence-corrected chi connectivity index (χ4v) is 2.88. The molecular formula is C28H41N3O6. The largest absolute Gasteiger partial charge is 0.460 e. The van der Waals surface area contributed by atoms with Crippen LogP contribution in [0, 0.1) is 17.8 Å². The number of benzene rings is 1. The van der Waals surface area contributed by atoms with Crippen molar-refractivity contribution in [3.8, 4) is 11.8 Å². The van der Waals surface area contributed by atoms with Crippen LogP contribution >= 0.6 is 0 Å². The number of carbonyl (C=O) groups excluding carboxylic acids is 4. The highest BCUT2D eigenvalue weighted by Gasteiger charge is 2.17. The van der Waals surface area contributed by atoms with E-state index >= 15 is 0 Å². The predicted molar refractivity (Wildman–Crippen MR) is 142 cm³/mol. The summed E-state index contributed by atoms with van der Waals surface area (Å²) >= 11 is 0. The maximum absolute atomic E-state index is 12.8. The van der Waals surface area contributed by atoms with E-state index in [9.17, 15) is 19.2 Å². The van der Waals surface area contributed by atoms with Crippen molar-refractivity contribution in [2.24, 2.45) is 5.92 Å². The van der Waals surface area contributed by atoms with Crippen molar-refractivity contribution < 1.29 is 28.7 Å². The first-order valence-corrected chi connectivity index (χ1v) is 12.5. The predicted octanol–water partition coefficient (Wildman–Crippen LogP) is 3.80. The number of esters is 1. The molecule has 3 amide bonds. The number of hydrogen-bond donors (Lipinski definition) is 3. The van der Waals surface area contributed by atoms with Gasteiger partial charge in [-0.25, -0.2) is 4.79 Å². The van der Waals surface area contributed by atoms with Gasteiger partial charge in [-0.3, -0.25) is 14.4 Å². The van der Waals surface area contributed by atoms with Crippen LogP contribution in [-0.2, 0) is 14.3 Å². The molecule has 0 aromatic heterocycles. The van der Waals surface area contributed by atoms with E-state index in [0.29, 0.717) is 12.0 Å². The molecule has 37 heavy (non-hydrogen) atoms.